The van der Waals surface area contributed by atoms with Crippen molar-refractivity contribution in [1.29, 1.82) is 0 Å². The Kier molecular flexibility index (Phi) is 9.78. The van der Waals surface area contributed by atoms with Crippen LogP contribution in [0.3, 0.4) is 0 Å². The first-order valence-corrected chi connectivity index (χ1v) is 8.72. The third-order valence-corrected chi connectivity index (χ3v) is 3.60. The summed E-state index contributed by atoms with van der Waals surface area (Å²) in [4.78, 5) is 37.3. The van der Waals surface area contributed by atoms with Crippen LogP contribution in [0.25, 0.3) is 0 Å². The first-order valence-electron chi connectivity index (χ1n) is 8.72. The number of carbonyl (C=O) groups is 3. The normalized spacial score (nSPS) is 10.3. The number of nitrogens with one attached hydrogen (secondary N) is 3. The molecule has 0 heterocycles. The zero-order valence-electron chi connectivity index (χ0n) is 15.6. The van der Waals surface area contributed by atoms with E-state index in [1.165, 1.54) is 0 Å². The number of likely N-dealkylation sites (N-methyl/N-ethyl adjacent to an activating group) is 1. The molecule has 1 aromatic carbocycles. The number of nitrogens with zero attached hydrogens (tertiary/aromatic N) is 1. The third-order valence-electron chi connectivity index (χ3n) is 3.60. The van der Waals surface area contributed by atoms with Gasteiger partial charge in [-0.1, -0.05) is 26.3 Å². The second-order valence-electron chi connectivity index (χ2n) is 5.74. The van der Waals surface area contributed by atoms with Crippen LogP contribution in [0.1, 0.15) is 26.7 Å². The molecule has 3 N–H and O–H groups in total. The number of rotatable bonds is 10. The summed E-state index contributed by atoms with van der Waals surface area (Å²) in [5, 5.41) is 7.63. The van der Waals surface area contributed by atoms with Crippen molar-refractivity contribution in [2.24, 2.45) is 0 Å². The fraction of sp³-hybridized carbons (Fsp3) is 0.500. The first kappa shape index (κ1) is 21.4. The van der Waals surface area contributed by atoms with Crippen LogP contribution in [0.4, 0.5) is 10.5 Å². The standard InChI is InChI=1S/C18H28N4O4/c1-4-6-10-19-18(25)21-17(24)13-22(5-2)12-16(23)20-14-8-7-9-15(11-14)26-3/h7-9,11H,4-6,10,12-13H2,1-3H3,(H,20,23)(H2,19,21,24,25). The van der Waals surface area contributed by atoms with Gasteiger partial charge in [0.1, 0.15) is 5.75 Å². The first-order chi connectivity index (χ1) is 12.5. The lowest BCUT2D eigenvalue weighted by atomic mass is 10.3. The van der Waals surface area contributed by atoms with Gasteiger partial charge in [0, 0.05) is 18.3 Å². The van der Waals surface area contributed by atoms with Crippen molar-refractivity contribution in [2.45, 2.75) is 26.7 Å². The van der Waals surface area contributed by atoms with Crippen molar-refractivity contribution in [1.82, 2.24) is 15.5 Å². The number of benzene rings is 1. The van der Waals surface area contributed by atoms with E-state index < -0.39 is 11.9 Å². The Bertz CT molecular complexity index is 607. The molecule has 0 radical (unpaired) electrons. The van der Waals surface area contributed by atoms with Crippen LogP contribution in [0, 0.1) is 0 Å². The van der Waals surface area contributed by atoms with Gasteiger partial charge in [-0.3, -0.25) is 19.8 Å². The van der Waals surface area contributed by atoms with Crippen LogP contribution in [-0.4, -0.2) is 56.0 Å². The fourth-order valence-electron chi connectivity index (χ4n) is 2.18. The van der Waals surface area contributed by atoms with Crippen LogP contribution in [0.2, 0.25) is 0 Å². The Morgan fingerprint density at radius 3 is 2.50 bits per heavy atom. The molecule has 8 nitrogen and oxygen atoms in total. The SMILES string of the molecule is CCCCNC(=O)NC(=O)CN(CC)CC(=O)Nc1cccc(OC)c1. The minimum absolute atomic E-state index is 0.0385. The Balaban J connectivity index is 2.43. The molecule has 26 heavy (non-hydrogen) atoms. The van der Waals surface area contributed by atoms with E-state index in [9.17, 15) is 14.4 Å². The summed E-state index contributed by atoms with van der Waals surface area (Å²) in [6, 6.07) is 6.51. The van der Waals surface area contributed by atoms with E-state index >= 15 is 0 Å². The van der Waals surface area contributed by atoms with Crippen LogP contribution in [0.5, 0.6) is 5.75 Å². The monoisotopic (exact) mass is 364 g/mol. The molecule has 144 valence electrons. The van der Waals surface area contributed by atoms with Gasteiger partial charge < -0.3 is 15.4 Å². The molecular weight excluding hydrogens is 336 g/mol. The summed E-state index contributed by atoms with van der Waals surface area (Å²) >= 11 is 0. The summed E-state index contributed by atoms with van der Waals surface area (Å²) in [5.74, 6) is -0.0565. The van der Waals surface area contributed by atoms with Gasteiger partial charge in [0.2, 0.25) is 11.8 Å². The maximum absolute atomic E-state index is 12.2. The molecule has 0 atom stereocenters. The van der Waals surface area contributed by atoms with Gasteiger partial charge in [0.05, 0.1) is 20.2 Å². The molecule has 8 heteroatoms. The van der Waals surface area contributed by atoms with E-state index in [2.05, 4.69) is 16.0 Å². The van der Waals surface area contributed by atoms with Gasteiger partial charge in [0.15, 0.2) is 0 Å². The number of hydrogen-bond acceptors (Lipinski definition) is 5. The second-order valence-corrected chi connectivity index (χ2v) is 5.74. The highest BCUT2D eigenvalue weighted by molar-refractivity contribution is 5.96. The summed E-state index contributed by atoms with van der Waals surface area (Å²) in [5.41, 5.74) is 0.616. The molecule has 4 amide bonds. The molecule has 1 aromatic rings. The lowest BCUT2D eigenvalue weighted by Gasteiger charge is -2.19. The van der Waals surface area contributed by atoms with Crippen LogP contribution >= 0.6 is 0 Å². The van der Waals surface area contributed by atoms with Gasteiger partial charge in [-0.15, -0.1) is 0 Å². The minimum atomic E-state index is -0.514. The number of unbranched alkanes of at least 4 members (excludes halogenated alkanes) is 1. The average Bonchev–Trinajstić information content (AvgIpc) is 2.61. The van der Waals surface area contributed by atoms with Crippen molar-refractivity contribution in [3.8, 4) is 5.75 Å². The Morgan fingerprint density at radius 2 is 1.85 bits per heavy atom. The number of urea groups is 1. The average molecular weight is 364 g/mol. The highest BCUT2D eigenvalue weighted by Gasteiger charge is 2.15. The lowest BCUT2D eigenvalue weighted by Crippen LogP contribution is -2.46. The van der Waals surface area contributed by atoms with E-state index in [1.807, 2.05) is 13.8 Å². The van der Waals surface area contributed by atoms with E-state index in [4.69, 9.17) is 4.74 Å². The van der Waals surface area contributed by atoms with Gasteiger partial charge in [0.25, 0.3) is 0 Å². The molecule has 0 saturated heterocycles. The summed E-state index contributed by atoms with van der Waals surface area (Å²) in [7, 11) is 1.55. The number of imide groups is 1. The molecule has 0 aliphatic heterocycles. The number of methoxy groups -OCH3 is 1. The maximum Gasteiger partial charge on any atom is 0.321 e. The predicted molar refractivity (Wildman–Crippen MR) is 100 cm³/mol. The molecule has 0 saturated carbocycles. The van der Waals surface area contributed by atoms with E-state index in [0.717, 1.165) is 12.8 Å². The quantitative estimate of drug-likeness (QED) is 0.548. The molecular formula is C18H28N4O4. The predicted octanol–water partition coefficient (Wildman–Crippen LogP) is 1.58. The highest BCUT2D eigenvalue weighted by Crippen LogP contribution is 2.16. The molecule has 0 aliphatic rings. The Morgan fingerprint density at radius 1 is 1.12 bits per heavy atom. The third kappa shape index (κ3) is 8.48. The van der Waals surface area contributed by atoms with Gasteiger partial charge >= 0.3 is 6.03 Å². The number of ether oxygens (including phenoxy) is 1. The highest BCUT2D eigenvalue weighted by atomic mass is 16.5. The topological polar surface area (TPSA) is 99.8 Å². The Hall–Kier alpha value is -2.61. The number of amides is 4. The minimum Gasteiger partial charge on any atom is -0.497 e. The van der Waals surface area contributed by atoms with E-state index in [1.54, 1.807) is 36.3 Å². The van der Waals surface area contributed by atoms with Crippen molar-refractivity contribution >= 4 is 23.5 Å². The number of hydrogen-bond donors (Lipinski definition) is 3. The van der Waals surface area contributed by atoms with Gasteiger partial charge in [-0.2, -0.15) is 0 Å². The molecule has 0 fully saturated rings. The number of carbonyl (C=O) groups excluding carboxylic acids is 3. The summed E-state index contributed by atoms with van der Waals surface area (Å²) in [6.45, 7) is 4.88. The van der Waals surface area contributed by atoms with Gasteiger partial charge in [-0.05, 0) is 25.1 Å². The van der Waals surface area contributed by atoms with E-state index in [0.29, 0.717) is 24.5 Å². The van der Waals surface area contributed by atoms with Crippen molar-refractivity contribution < 1.29 is 19.1 Å². The largest absolute Gasteiger partial charge is 0.497 e. The van der Waals surface area contributed by atoms with Crippen molar-refractivity contribution in [3.05, 3.63) is 24.3 Å². The summed E-state index contributed by atoms with van der Waals surface area (Å²) < 4.78 is 5.11. The second kappa shape index (κ2) is 11.9. The smallest absolute Gasteiger partial charge is 0.321 e. The zero-order valence-corrected chi connectivity index (χ0v) is 15.6. The molecule has 0 aromatic heterocycles. The van der Waals surface area contributed by atoms with Gasteiger partial charge in [-0.25, -0.2) is 4.79 Å². The number of anilines is 1. The summed E-state index contributed by atoms with van der Waals surface area (Å²) in [6.07, 6.45) is 1.81. The van der Waals surface area contributed by atoms with Crippen LogP contribution in [0.15, 0.2) is 24.3 Å². The maximum atomic E-state index is 12.2. The molecule has 0 unspecified atom stereocenters. The molecule has 1 rings (SSSR count). The molecule has 0 spiro atoms. The van der Waals surface area contributed by atoms with Crippen molar-refractivity contribution in [3.63, 3.8) is 0 Å². The fourth-order valence-corrected chi connectivity index (χ4v) is 2.18. The van der Waals surface area contributed by atoms with Crippen molar-refractivity contribution in [2.75, 3.05) is 38.6 Å². The zero-order chi connectivity index (χ0) is 19.4. The Labute approximate surface area is 154 Å². The van der Waals surface area contributed by atoms with E-state index in [-0.39, 0.29) is 19.0 Å². The molecule has 0 aliphatic carbocycles. The van der Waals surface area contributed by atoms with Crippen LogP contribution in [-0.2, 0) is 9.59 Å². The lowest BCUT2D eigenvalue weighted by molar-refractivity contribution is -0.122. The molecule has 0 bridgehead atoms. The van der Waals surface area contributed by atoms with Crippen LogP contribution < -0.4 is 20.7 Å².